The highest BCUT2D eigenvalue weighted by Gasteiger charge is 2.08. The van der Waals surface area contributed by atoms with Crippen molar-refractivity contribution in [2.45, 2.75) is 38.7 Å². The first kappa shape index (κ1) is 16.1. The van der Waals surface area contributed by atoms with Crippen LogP contribution in [0.2, 0.25) is 0 Å². The number of unbranched alkanes of at least 4 members (excludes halogenated alkanes) is 1. The van der Waals surface area contributed by atoms with Crippen LogP contribution >= 0.6 is 0 Å². The fourth-order valence-electron chi connectivity index (χ4n) is 2.17. The molecule has 1 aromatic carbocycles. The molecule has 4 nitrogen and oxygen atoms in total. The highest BCUT2D eigenvalue weighted by Crippen LogP contribution is 2.21. The van der Waals surface area contributed by atoms with Crippen LogP contribution in [0.15, 0.2) is 54.0 Å². The van der Waals surface area contributed by atoms with E-state index < -0.39 is 5.97 Å². The van der Waals surface area contributed by atoms with E-state index in [0.29, 0.717) is 19.6 Å². The van der Waals surface area contributed by atoms with Crippen LogP contribution in [0.4, 0.5) is 0 Å². The van der Waals surface area contributed by atoms with Gasteiger partial charge in [0.15, 0.2) is 0 Å². The number of aliphatic carboxylic acids is 1. The molecule has 1 aliphatic carbocycles. The number of carboxylic acid groups (broad SMARTS) is 1. The summed E-state index contributed by atoms with van der Waals surface area (Å²) in [5.74, 6) is 1.17. The van der Waals surface area contributed by atoms with Crippen LogP contribution in [0, 0.1) is 0 Å². The lowest BCUT2D eigenvalue weighted by atomic mass is 10.1. The van der Waals surface area contributed by atoms with E-state index in [0.717, 1.165) is 36.3 Å². The van der Waals surface area contributed by atoms with Crippen molar-refractivity contribution in [3.63, 3.8) is 0 Å². The van der Waals surface area contributed by atoms with Gasteiger partial charge in [-0.05, 0) is 30.6 Å². The van der Waals surface area contributed by atoms with Gasteiger partial charge in [0, 0.05) is 19.3 Å². The Morgan fingerprint density at radius 3 is 2.32 bits per heavy atom. The second-order valence-electron chi connectivity index (χ2n) is 5.24. The van der Waals surface area contributed by atoms with Gasteiger partial charge < -0.3 is 14.6 Å². The summed E-state index contributed by atoms with van der Waals surface area (Å²) in [6.45, 7) is 1.17. The van der Waals surface area contributed by atoms with Gasteiger partial charge in [0.1, 0.15) is 6.61 Å². The highest BCUT2D eigenvalue weighted by molar-refractivity contribution is 5.66. The monoisotopic (exact) mass is 302 g/mol. The Morgan fingerprint density at radius 2 is 1.68 bits per heavy atom. The number of carboxylic acids is 1. The summed E-state index contributed by atoms with van der Waals surface area (Å²) < 4.78 is 11.4. The average molecular weight is 302 g/mol. The van der Waals surface area contributed by atoms with Crippen molar-refractivity contribution in [3.8, 4) is 0 Å². The smallest absolute Gasteiger partial charge is 0.303 e. The molecule has 0 heterocycles. The van der Waals surface area contributed by atoms with Crippen molar-refractivity contribution in [1.82, 2.24) is 0 Å². The van der Waals surface area contributed by atoms with Crippen molar-refractivity contribution in [3.05, 3.63) is 59.6 Å². The molecule has 0 atom stereocenters. The predicted octanol–water partition coefficient (Wildman–Crippen LogP) is 4.04. The standard InChI is InChI=1S/C18H22O4/c19-18(20)8-4-5-13-21-16-9-11-17(12-10-16)22-14-15-6-2-1-3-7-15/h1-3,6-7,9,11H,4-5,8,10,12-14H2,(H,19,20). The molecular formula is C18H22O4. The van der Waals surface area contributed by atoms with Gasteiger partial charge in [0.25, 0.3) is 0 Å². The molecular weight excluding hydrogens is 280 g/mol. The second-order valence-corrected chi connectivity index (χ2v) is 5.24. The van der Waals surface area contributed by atoms with Crippen molar-refractivity contribution < 1.29 is 19.4 Å². The summed E-state index contributed by atoms with van der Waals surface area (Å²) in [5.41, 5.74) is 1.16. The summed E-state index contributed by atoms with van der Waals surface area (Å²) in [6, 6.07) is 10.1. The Hall–Kier alpha value is -2.23. The maximum absolute atomic E-state index is 10.4. The van der Waals surface area contributed by atoms with E-state index in [1.165, 1.54) is 0 Å². The minimum Gasteiger partial charge on any atom is -0.498 e. The maximum atomic E-state index is 10.4. The van der Waals surface area contributed by atoms with Gasteiger partial charge in [-0.25, -0.2) is 0 Å². The molecule has 1 aromatic rings. The number of allylic oxidation sites excluding steroid dienone is 4. The number of benzene rings is 1. The molecule has 1 aliphatic rings. The normalized spacial score (nSPS) is 14.0. The zero-order chi connectivity index (χ0) is 15.6. The number of hydrogen-bond acceptors (Lipinski definition) is 3. The molecule has 118 valence electrons. The average Bonchev–Trinajstić information content (AvgIpc) is 2.54. The minimum absolute atomic E-state index is 0.208. The molecule has 22 heavy (non-hydrogen) atoms. The first-order valence-corrected chi connectivity index (χ1v) is 7.65. The van der Waals surface area contributed by atoms with Crippen molar-refractivity contribution in [2.24, 2.45) is 0 Å². The summed E-state index contributed by atoms with van der Waals surface area (Å²) in [6.07, 6.45) is 7.21. The topological polar surface area (TPSA) is 55.8 Å². The molecule has 0 fully saturated rings. The molecule has 4 heteroatoms. The molecule has 0 amide bonds. The zero-order valence-electron chi connectivity index (χ0n) is 12.7. The van der Waals surface area contributed by atoms with Gasteiger partial charge >= 0.3 is 5.97 Å². The first-order valence-electron chi connectivity index (χ1n) is 7.65. The van der Waals surface area contributed by atoms with Crippen LogP contribution in [-0.4, -0.2) is 17.7 Å². The van der Waals surface area contributed by atoms with Crippen LogP contribution < -0.4 is 0 Å². The van der Waals surface area contributed by atoms with Crippen LogP contribution in [-0.2, 0) is 20.9 Å². The third-order valence-corrected chi connectivity index (χ3v) is 3.41. The van der Waals surface area contributed by atoms with Crippen LogP contribution in [0.5, 0.6) is 0 Å². The quantitative estimate of drug-likeness (QED) is 0.700. The SMILES string of the molecule is O=C(O)CCCCOC1=CC=C(OCc2ccccc2)CC1. The zero-order valence-corrected chi connectivity index (χ0v) is 12.7. The lowest BCUT2D eigenvalue weighted by molar-refractivity contribution is -0.137. The molecule has 0 saturated carbocycles. The van der Waals surface area contributed by atoms with Gasteiger partial charge in [-0.15, -0.1) is 0 Å². The van der Waals surface area contributed by atoms with Crippen molar-refractivity contribution in [1.29, 1.82) is 0 Å². The molecule has 0 aromatic heterocycles. The summed E-state index contributed by atoms with van der Waals surface area (Å²) in [7, 11) is 0. The van der Waals surface area contributed by atoms with Gasteiger partial charge in [0.05, 0.1) is 18.1 Å². The Kier molecular flexibility index (Phi) is 6.55. The van der Waals surface area contributed by atoms with Gasteiger partial charge in [-0.1, -0.05) is 30.3 Å². The van der Waals surface area contributed by atoms with Gasteiger partial charge in [-0.3, -0.25) is 4.79 Å². The number of rotatable bonds is 9. The maximum Gasteiger partial charge on any atom is 0.303 e. The highest BCUT2D eigenvalue weighted by atomic mass is 16.5. The number of ether oxygens (including phenoxy) is 2. The van der Waals surface area contributed by atoms with Crippen LogP contribution in [0.1, 0.15) is 37.7 Å². The predicted molar refractivity (Wildman–Crippen MR) is 84.1 cm³/mol. The molecule has 0 aliphatic heterocycles. The summed E-state index contributed by atoms with van der Waals surface area (Å²) in [5, 5.41) is 8.55. The second kappa shape index (κ2) is 8.93. The molecule has 0 saturated heterocycles. The molecule has 1 N–H and O–H groups in total. The molecule has 0 bridgehead atoms. The third-order valence-electron chi connectivity index (χ3n) is 3.41. The fraction of sp³-hybridized carbons (Fsp3) is 0.389. The van der Waals surface area contributed by atoms with E-state index in [4.69, 9.17) is 14.6 Å². The van der Waals surface area contributed by atoms with E-state index in [9.17, 15) is 4.79 Å². The van der Waals surface area contributed by atoms with Crippen LogP contribution in [0.25, 0.3) is 0 Å². The molecule has 0 radical (unpaired) electrons. The van der Waals surface area contributed by atoms with Crippen LogP contribution in [0.3, 0.4) is 0 Å². The Balaban J connectivity index is 1.66. The largest absolute Gasteiger partial charge is 0.498 e. The Morgan fingerprint density at radius 1 is 1.00 bits per heavy atom. The third kappa shape index (κ3) is 6.04. The lowest BCUT2D eigenvalue weighted by Gasteiger charge is -2.16. The number of carbonyl (C=O) groups is 1. The Bertz CT molecular complexity index is 531. The van der Waals surface area contributed by atoms with E-state index in [-0.39, 0.29) is 6.42 Å². The molecule has 0 unspecified atom stereocenters. The molecule has 2 rings (SSSR count). The first-order chi connectivity index (χ1) is 10.7. The number of hydrogen-bond donors (Lipinski definition) is 1. The Labute approximate surface area is 131 Å². The summed E-state index contributed by atoms with van der Waals surface area (Å²) >= 11 is 0. The minimum atomic E-state index is -0.750. The van der Waals surface area contributed by atoms with E-state index in [1.807, 2.05) is 42.5 Å². The van der Waals surface area contributed by atoms with E-state index >= 15 is 0 Å². The molecule has 0 spiro atoms. The van der Waals surface area contributed by atoms with Gasteiger partial charge in [0.2, 0.25) is 0 Å². The van der Waals surface area contributed by atoms with E-state index in [2.05, 4.69) is 0 Å². The lowest BCUT2D eigenvalue weighted by Crippen LogP contribution is -2.03. The van der Waals surface area contributed by atoms with Gasteiger partial charge in [-0.2, -0.15) is 0 Å². The van der Waals surface area contributed by atoms with E-state index in [1.54, 1.807) is 0 Å². The van der Waals surface area contributed by atoms with Crippen molar-refractivity contribution in [2.75, 3.05) is 6.61 Å². The van der Waals surface area contributed by atoms with Crippen molar-refractivity contribution >= 4 is 5.97 Å². The fourth-order valence-corrected chi connectivity index (χ4v) is 2.17. The summed E-state index contributed by atoms with van der Waals surface area (Å²) in [4.78, 5) is 10.4.